The molecule has 0 aliphatic carbocycles. The van der Waals surface area contributed by atoms with Gasteiger partial charge >= 0.3 is 5.97 Å². The number of ether oxygens (including phenoxy) is 1. The van der Waals surface area contributed by atoms with Crippen molar-refractivity contribution in [1.82, 2.24) is 4.98 Å². The van der Waals surface area contributed by atoms with Crippen LogP contribution in [0.4, 0.5) is 0 Å². The largest absolute Gasteiger partial charge is 0.478 e. The minimum absolute atomic E-state index is 0.322. The van der Waals surface area contributed by atoms with Crippen molar-refractivity contribution in [3.63, 3.8) is 0 Å². The number of hydrogen-bond acceptors (Lipinski definition) is 4. The quantitative estimate of drug-likeness (QED) is 0.872. The van der Waals surface area contributed by atoms with E-state index in [1.165, 1.54) is 0 Å². The summed E-state index contributed by atoms with van der Waals surface area (Å²) in [7, 11) is 0. The van der Waals surface area contributed by atoms with Crippen LogP contribution < -0.4 is 0 Å². The molecule has 0 atom stereocenters. The maximum Gasteiger partial charge on any atom is 0.338 e. The number of rotatable bonds is 3. The summed E-state index contributed by atoms with van der Waals surface area (Å²) in [6, 6.07) is 1.83. The van der Waals surface area contributed by atoms with Gasteiger partial charge < -0.3 is 9.84 Å². The Morgan fingerprint density at radius 3 is 2.75 bits per heavy atom. The average Bonchev–Trinajstić information content (AvgIpc) is 2.09. The molecule has 0 saturated carbocycles. The second kappa shape index (κ2) is 4.43. The van der Waals surface area contributed by atoms with E-state index in [2.05, 4.69) is 4.98 Å². The van der Waals surface area contributed by atoms with Crippen molar-refractivity contribution < 1.29 is 14.6 Å². The van der Waals surface area contributed by atoms with Crippen LogP contribution in [0.1, 0.15) is 21.7 Å². The van der Waals surface area contributed by atoms with E-state index in [4.69, 9.17) is 9.84 Å². The summed E-state index contributed by atoms with van der Waals surface area (Å²) in [5, 5.41) is 9.53. The summed E-state index contributed by atoms with van der Waals surface area (Å²) in [5.41, 5.74) is 1.75. The summed E-state index contributed by atoms with van der Waals surface area (Å²) in [6.45, 7) is 5.01. The topological polar surface area (TPSA) is 59.4 Å². The highest BCUT2D eigenvalue weighted by Crippen LogP contribution is 2.32. The zero-order chi connectivity index (χ0) is 11.7. The van der Waals surface area contributed by atoms with Gasteiger partial charge in [-0.3, -0.25) is 4.98 Å². The lowest BCUT2D eigenvalue weighted by Gasteiger charge is -2.26. The number of thioether (sulfide) groups is 1. The molecule has 0 amide bonds. The van der Waals surface area contributed by atoms with Crippen LogP contribution in [-0.2, 0) is 4.74 Å². The van der Waals surface area contributed by atoms with Crippen LogP contribution in [0.5, 0.6) is 0 Å². The highest BCUT2D eigenvalue weighted by atomic mass is 32.2. The average molecular weight is 239 g/mol. The molecule has 1 aromatic heterocycles. The number of hydrogen-bond donors (Lipinski definition) is 1. The molecule has 1 N–H and O–H groups in total. The normalized spacial score (nSPS) is 15.9. The van der Waals surface area contributed by atoms with Crippen molar-refractivity contribution in [2.45, 2.75) is 24.0 Å². The van der Waals surface area contributed by atoms with Crippen LogP contribution in [0.3, 0.4) is 0 Å². The van der Waals surface area contributed by atoms with Gasteiger partial charge in [-0.1, -0.05) is 0 Å². The highest BCUT2D eigenvalue weighted by molar-refractivity contribution is 8.00. The van der Waals surface area contributed by atoms with E-state index in [-0.39, 0.29) is 0 Å². The number of aromatic carboxylic acids is 1. The Bertz CT molecular complexity index is 429. The van der Waals surface area contributed by atoms with Gasteiger partial charge in [-0.25, -0.2) is 4.79 Å². The molecule has 0 radical (unpaired) electrons. The molecule has 0 spiro atoms. The monoisotopic (exact) mass is 239 g/mol. The molecule has 1 aliphatic rings. The number of carboxylic acid groups (broad SMARTS) is 1. The molecule has 1 saturated heterocycles. The summed E-state index contributed by atoms with van der Waals surface area (Å²) in [6.07, 6.45) is 0. The first-order valence-electron chi connectivity index (χ1n) is 5.04. The standard InChI is InChI=1S/C11H13NO3S/c1-6-3-9(16-8-4-15-5-8)10(11(13)14)7(2)12-6/h3,8H,4-5H2,1-2H3,(H,13,14). The third kappa shape index (κ3) is 2.20. The molecule has 86 valence electrons. The number of nitrogens with zero attached hydrogens (tertiary/aromatic N) is 1. The fourth-order valence-corrected chi connectivity index (χ4v) is 2.89. The van der Waals surface area contributed by atoms with Crippen molar-refractivity contribution in [1.29, 1.82) is 0 Å². The summed E-state index contributed by atoms with van der Waals surface area (Å²) >= 11 is 1.57. The van der Waals surface area contributed by atoms with Gasteiger partial charge in [-0.15, -0.1) is 11.8 Å². The highest BCUT2D eigenvalue weighted by Gasteiger charge is 2.24. The van der Waals surface area contributed by atoms with Crippen molar-refractivity contribution in [2.75, 3.05) is 13.2 Å². The van der Waals surface area contributed by atoms with Gasteiger partial charge in [0.1, 0.15) is 0 Å². The lowest BCUT2D eigenvalue weighted by Crippen LogP contribution is -2.30. The molecular weight excluding hydrogens is 226 g/mol. The molecule has 0 bridgehead atoms. The lowest BCUT2D eigenvalue weighted by molar-refractivity contribution is 0.0454. The zero-order valence-electron chi connectivity index (χ0n) is 9.19. The maximum absolute atomic E-state index is 11.2. The van der Waals surface area contributed by atoms with Gasteiger partial charge in [0, 0.05) is 10.6 Å². The maximum atomic E-state index is 11.2. The molecule has 1 aliphatic heterocycles. The third-order valence-corrected chi connectivity index (χ3v) is 3.59. The number of aromatic nitrogens is 1. The van der Waals surface area contributed by atoms with Crippen LogP contribution in [0.2, 0.25) is 0 Å². The van der Waals surface area contributed by atoms with Crippen LogP contribution in [0.15, 0.2) is 11.0 Å². The molecule has 0 unspecified atom stereocenters. The Labute approximate surface area is 98.0 Å². The van der Waals surface area contributed by atoms with E-state index >= 15 is 0 Å². The van der Waals surface area contributed by atoms with Gasteiger partial charge in [-0.2, -0.15) is 0 Å². The SMILES string of the molecule is Cc1cc(SC2COC2)c(C(=O)O)c(C)n1. The Morgan fingerprint density at radius 2 is 2.25 bits per heavy atom. The van der Waals surface area contributed by atoms with Crippen molar-refractivity contribution >= 4 is 17.7 Å². The number of aryl methyl sites for hydroxylation is 2. The number of carboxylic acids is 1. The Morgan fingerprint density at radius 1 is 1.56 bits per heavy atom. The molecule has 0 aromatic carbocycles. The first-order valence-corrected chi connectivity index (χ1v) is 5.92. The van der Waals surface area contributed by atoms with Crippen molar-refractivity contribution in [3.8, 4) is 0 Å². The second-order valence-corrected chi connectivity index (χ2v) is 5.15. The fourth-order valence-electron chi connectivity index (χ4n) is 1.61. The lowest BCUT2D eigenvalue weighted by atomic mass is 10.2. The predicted molar refractivity (Wildman–Crippen MR) is 61.1 cm³/mol. The van der Waals surface area contributed by atoms with Gasteiger partial charge in [0.15, 0.2) is 0 Å². The van der Waals surface area contributed by atoms with Crippen molar-refractivity contribution in [2.24, 2.45) is 0 Å². The molecular formula is C11H13NO3S. The third-order valence-electron chi connectivity index (χ3n) is 2.41. The smallest absolute Gasteiger partial charge is 0.338 e. The molecule has 4 nitrogen and oxygen atoms in total. The van der Waals surface area contributed by atoms with Gasteiger partial charge in [0.25, 0.3) is 0 Å². The van der Waals surface area contributed by atoms with E-state index in [1.54, 1.807) is 18.7 Å². The first kappa shape index (κ1) is 11.4. The van der Waals surface area contributed by atoms with E-state index in [0.717, 1.165) is 10.6 Å². The molecule has 1 aromatic rings. The number of pyridine rings is 1. The summed E-state index contributed by atoms with van der Waals surface area (Å²) in [4.78, 5) is 16.1. The zero-order valence-corrected chi connectivity index (χ0v) is 10.0. The van der Waals surface area contributed by atoms with Crippen molar-refractivity contribution in [3.05, 3.63) is 23.0 Å². The first-order chi connectivity index (χ1) is 7.58. The van der Waals surface area contributed by atoms with Crippen LogP contribution in [0.25, 0.3) is 0 Å². The molecule has 2 heterocycles. The van der Waals surface area contributed by atoms with E-state index < -0.39 is 5.97 Å². The van der Waals surface area contributed by atoms with E-state index in [1.807, 2.05) is 13.0 Å². The van der Waals surface area contributed by atoms with E-state index in [0.29, 0.717) is 29.7 Å². The Kier molecular flexibility index (Phi) is 3.16. The van der Waals surface area contributed by atoms with Gasteiger partial charge in [0.05, 0.1) is 29.7 Å². The molecule has 1 fully saturated rings. The molecule has 2 rings (SSSR count). The minimum atomic E-state index is -0.909. The summed E-state index contributed by atoms with van der Waals surface area (Å²) < 4.78 is 5.08. The van der Waals surface area contributed by atoms with E-state index in [9.17, 15) is 4.79 Å². The predicted octanol–water partition coefficient (Wildman–Crippen LogP) is 1.89. The Balaban J connectivity index is 2.35. The fraction of sp³-hybridized carbons (Fsp3) is 0.455. The second-order valence-electron chi connectivity index (χ2n) is 3.80. The van der Waals surface area contributed by atoms with Crippen LogP contribution in [-0.4, -0.2) is 34.5 Å². The van der Waals surface area contributed by atoms with Crippen LogP contribution in [0, 0.1) is 13.8 Å². The molecule has 16 heavy (non-hydrogen) atoms. The number of carbonyl (C=O) groups is 1. The minimum Gasteiger partial charge on any atom is -0.478 e. The van der Waals surface area contributed by atoms with Gasteiger partial charge in [0.2, 0.25) is 0 Å². The molecule has 5 heteroatoms. The Hall–Kier alpha value is -1.07. The van der Waals surface area contributed by atoms with Gasteiger partial charge in [-0.05, 0) is 19.9 Å². The van der Waals surface area contributed by atoms with Crippen LogP contribution >= 0.6 is 11.8 Å². The summed E-state index contributed by atoms with van der Waals surface area (Å²) in [5.74, 6) is -0.909.